The standard InChI is InChI=1S/C14H25N3O2S2/c1-3-15-11-13-14(7-9-20-13)21(18,19)16-10-12-6-4-5-8-17(12)2/h7,9,12,15-16H,3-6,8,10-11H2,1-2H3. The molecule has 0 bridgehead atoms. The molecule has 0 aliphatic carbocycles. The largest absolute Gasteiger partial charge is 0.312 e. The van der Waals surface area contributed by atoms with Crippen LogP contribution in [0.2, 0.25) is 0 Å². The molecule has 1 unspecified atom stereocenters. The molecular weight excluding hydrogens is 306 g/mol. The number of rotatable bonds is 7. The van der Waals surface area contributed by atoms with Crippen LogP contribution in [0, 0.1) is 0 Å². The van der Waals surface area contributed by atoms with Crippen LogP contribution < -0.4 is 10.0 Å². The molecule has 120 valence electrons. The highest BCUT2D eigenvalue weighted by Crippen LogP contribution is 2.22. The fourth-order valence-electron chi connectivity index (χ4n) is 2.62. The Morgan fingerprint density at radius 1 is 1.43 bits per heavy atom. The van der Waals surface area contributed by atoms with Gasteiger partial charge in [0.2, 0.25) is 10.0 Å². The Labute approximate surface area is 131 Å². The van der Waals surface area contributed by atoms with Gasteiger partial charge in [0.1, 0.15) is 0 Å². The third-order valence-corrected chi connectivity index (χ3v) is 6.52. The molecule has 1 saturated heterocycles. The van der Waals surface area contributed by atoms with E-state index in [0.29, 0.717) is 24.0 Å². The van der Waals surface area contributed by atoms with Gasteiger partial charge in [-0.2, -0.15) is 0 Å². The Morgan fingerprint density at radius 2 is 2.24 bits per heavy atom. The van der Waals surface area contributed by atoms with E-state index in [0.717, 1.165) is 24.4 Å². The number of nitrogens with zero attached hydrogens (tertiary/aromatic N) is 1. The van der Waals surface area contributed by atoms with Crippen molar-refractivity contribution in [3.8, 4) is 0 Å². The minimum absolute atomic E-state index is 0.310. The molecule has 0 saturated carbocycles. The molecule has 2 N–H and O–H groups in total. The SMILES string of the molecule is CCNCc1sccc1S(=O)(=O)NCC1CCCCN1C. The van der Waals surface area contributed by atoms with Gasteiger partial charge in [-0.15, -0.1) is 11.3 Å². The van der Waals surface area contributed by atoms with Crippen molar-refractivity contribution in [2.75, 3.05) is 26.7 Å². The number of hydrogen-bond acceptors (Lipinski definition) is 5. The molecule has 1 fully saturated rings. The van der Waals surface area contributed by atoms with Gasteiger partial charge < -0.3 is 10.2 Å². The highest BCUT2D eigenvalue weighted by atomic mass is 32.2. The molecule has 0 amide bonds. The molecule has 1 aliphatic rings. The number of likely N-dealkylation sites (N-methyl/N-ethyl adjacent to an activating group) is 1. The van der Waals surface area contributed by atoms with Gasteiger partial charge in [-0.1, -0.05) is 13.3 Å². The first-order valence-corrected chi connectivity index (χ1v) is 9.88. The molecule has 21 heavy (non-hydrogen) atoms. The van der Waals surface area contributed by atoms with Crippen molar-refractivity contribution in [3.05, 3.63) is 16.3 Å². The first-order chi connectivity index (χ1) is 10.0. The van der Waals surface area contributed by atoms with Crippen LogP contribution in [0.4, 0.5) is 0 Å². The Bertz CT molecular complexity index is 542. The van der Waals surface area contributed by atoms with Gasteiger partial charge in [0, 0.05) is 24.0 Å². The summed E-state index contributed by atoms with van der Waals surface area (Å²) in [7, 11) is -1.34. The van der Waals surface area contributed by atoms with Crippen LogP contribution in [-0.2, 0) is 16.6 Å². The molecule has 7 heteroatoms. The second-order valence-electron chi connectivity index (χ2n) is 5.47. The summed E-state index contributed by atoms with van der Waals surface area (Å²) in [4.78, 5) is 3.55. The average Bonchev–Trinajstić information content (AvgIpc) is 2.93. The quantitative estimate of drug-likeness (QED) is 0.797. The third kappa shape index (κ3) is 4.50. The maximum atomic E-state index is 12.5. The van der Waals surface area contributed by atoms with Crippen molar-refractivity contribution < 1.29 is 8.42 Å². The lowest BCUT2D eigenvalue weighted by molar-refractivity contribution is 0.187. The number of piperidine rings is 1. The van der Waals surface area contributed by atoms with Gasteiger partial charge in [-0.25, -0.2) is 13.1 Å². The van der Waals surface area contributed by atoms with Gasteiger partial charge in [-0.05, 0) is 44.4 Å². The smallest absolute Gasteiger partial charge is 0.241 e. The van der Waals surface area contributed by atoms with Gasteiger partial charge in [0.15, 0.2) is 0 Å². The molecule has 2 rings (SSSR count). The number of hydrogen-bond donors (Lipinski definition) is 2. The van der Waals surface area contributed by atoms with E-state index in [9.17, 15) is 8.42 Å². The molecule has 1 aromatic rings. The summed E-state index contributed by atoms with van der Waals surface area (Å²) in [5.74, 6) is 0. The maximum absolute atomic E-state index is 12.5. The topological polar surface area (TPSA) is 61.4 Å². The molecule has 5 nitrogen and oxygen atoms in total. The van der Waals surface area contributed by atoms with E-state index in [1.54, 1.807) is 6.07 Å². The Morgan fingerprint density at radius 3 is 2.95 bits per heavy atom. The highest BCUT2D eigenvalue weighted by Gasteiger charge is 2.24. The fraction of sp³-hybridized carbons (Fsp3) is 0.714. The maximum Gasteiger partial charge on any atom is 0.241 e. The van der Waals surface area contributed by atoms with Crippen molar-refractivity contribution in [2.24, 2.45) is 0 Å². The van der Waals surface area contributed by atoms with Crippen LogP contribution in [0.25, 0.3) is 0 Å². The predicted octanol–water partition coefficient (Wildman–Crippen LogP) is 1.62. The molecule has 0 aromatic carbocycles. The van der Waals surface area contributed by atoms with E-state index < -0.39 is 10.0 Å². The summed E-state index contributed by atoms with van der Waals surface area (Å²) in [5, 5.41) is 5.03. The third-order valence-electron chi connectivity index (χ3n) is 3.96. The summed E-state index contributed by atoms with van der Waals surface area (Å²) < 4.78 is 27.7. The number of thiophene rings is 1. The molecule has 1 aromatic heterocycles. The van der Waals surface area contributed by atoms with E-state index in [1.165, 1.54) is 24.2 Å². The van der Waals surface area contributed by atoms with Crippen LogP contribution in [0.15, 0.2) is 16.3 Å². The summed E-state index contributed by atoms with van der Waals surface area (Å²) >= 11 is 1.49. The van der Waals surface area contributed by atoms with E-state index in [4.69, 9.17) is 0 Å². The van der Waals surface area contributed by atoms with Gasteiger partial charge in [0.05, 0.1) is 4.90 Å². The van der Waals surface area contributed by atoms with Crippen molar-refractivity contribution in [2.45, 2.75) is 43.7 Å². The first kappa shape index (κ1) is 16.9. The molecule has 2 heterocycles. The van der Waals surface area contributed by atoms with Crippen LogP contribution in [0.5, 0.6) is 0 Å². The lowest BCUT2D eigenvalue weighted by Crippen LogP contribution is -2.44. The molecular formula is C14H25N3O2S2. The Balaban J connectivity index is 1.99. The van der Waals surface area contributed by atoms with Crippen LogP contribution in [0.1, 0.15) is 31.1 Å². The second kappa shape index (κ2) is 7.69. The highest BCUT2D eigenvalue weighted by molar-refractivity contribution is 7.89. The number of likely N-dealkylation sites (tertiary alicyclic amines) is 1. The Hall–Kier alpha value is -0.470. The number of sulfonamides is 1. The van der Waals surface area contributed by atoms with Crippen molar-refractivity contribution in [1.82, 2.24) is 14.9 Å². The molecule has 1 aliphatic heterocycles. The minimum Gasteiger partial charge on any atom is -0.312 e. The van der Waals surface area contributed by atoms with Gasteiger partial charge in [-0.3, -0.25) is 0 Å². The Kier molecular flexibility index (Phi) is 6.19. The zero-order valence-electron chi connectivity index (χ0n) is 12.8. The summed E-state index contributed by atoms with van der Waals surface area (Å²) in [5.41, 5.74) is 0. The summed E-state index contributed by atoms with van der Waals surface area (Å²) in [6, 6.07) is 2.01. The predicted molar refractivity (Wildman–Crippen MR) is 87.2 cm³/mol. The molecule has 1 atom stereocenters. The van der Waals surface area contributed by atoms with E-state index in [1.807, 2.05) is 12.3 Å². The van der Waals surface area contributed by atoms with Crippen LogP contribution in [0.3, 0.4) is 0 Å². The van der Waals surface area contributed by atoms with Crippen molar-refractivity contribution >= 4 is 21.4 Å². The second-order valence-corrected chi connectivity index (χ2v) is 8.21. The van der Waals surface area contributed by atoms with Crippen molar-refractivity contribution in [1.29, 1.82) is 0 Å². The summed E-state index contributed by atoms with van der Waals surface area (Å²) in [6.45, 7) is 5.00. The minimum atomic E-state index is -3.41. The normalized spacial score (nSPS) is 20.8. The van der Waals surface area contributed by atoms with Crippen LogP contribution >= 0.6 is 11.3 Å². The van der Waals surface area contributed by atoms with Crippen LogP contribution in [-0.4, -0.2) is 46.0 Å². The number of nitrogens with one attached hydrogen (secondary N) is 2. The zero-order chi connectivity index (χ0) is 15.3. The summed E-state index contributed by atoms with van der Waals surface area (Å²) in [6.07, 6.45) is 3.45. The van der Waals surface area contributed by atoms with Gasteiger partial charge >= 0.3 is 0 Å². The average molecular weight is 332 g/mol. The first-order valence-electron chi connectivity index (χ1n) is 7.51. The van der Waals surface area contributed by atoms with E-state index >= 15 is 0 Å². The fourth-order valence-corrected chi connectivity index (χ4v) is 5.11. The molecule has 0 spiro atoms. The lowest BCUT2D eigenvalue weighted by atomic mass is 10.0. The van der Waals surface area contributed by atoms with E-state index in [2.05, 4.69) is 22.0 Å². The lowest BCUT2D eigenvalue weighted by Gasteiger charge is -2.32. The zero-order valence-corrected chi connectivity index (χ0v) is 14.4. The van der Waals surface area contributed by atoms with E-state index in [-0.39, 0.29) is 0 Å². The molecule has 0 radical (unpaired) electrons. The van der Waals surface area contributed by atoms with Gasteiger partial charge in [0.25, 0.3) is 0 Å². The van der Waals surface area contributed by atoms with Crippen molar-refractivity contribution in [3.63, 3.8) is 0 Å². The monoisotopic (exact) mass is 331 g/mol.